The third kappa shape index (κ3) is 16.0. The third-order valence-corrected chi connectivity index (χ3v) is 6.05. The summed E-state index contributed by atoms with van der Waals surface area (Å²) >= 11 is 8.70. The molecule has 0 radical (unpaired) electrons. The van der Waals surface area contributed by atoms with E-state index in [4.69, 9.17) is 14.2 Å². The molecule has 0 aliphatic heterocycles. The molecule has 40 heavy (non-hydrogen) atoms. The summed E-state index contributed by atoms with van der Waals surface area (Å²) in [6.07, 6.45) is 1.36. The molecule has 1 aromatic rings. The second-order valence-corrected chi connectivity index (χ2v) is 12.1. The van der Waals surface area contributed by atoms with Gasteiger partial charge < -0.3 is 19.5 Å². The summed E-state index contributed by atoms with van der Waals surface area (Å²) in [5.41, 5.74) is 0.908. The lowest BCUT2D eigenvalue weighted by molar-refractivity contribution is -0.121. The van der Waals surface area contributed by atoms with Gasteiger partial charge in [0.05, 0.1) is 12.6 Å². The molecule has 0 fully saturated rings. The van der Waals surface area contributed by atoms with Crippen LogP contribution in [-0.2, 0) is 25.8 Å². The number of ether oxygens (including phenoxy) is 3. The number of nitrogens with zero attached hydrogens (tertiary/aromatic N) is 1. The van der Waals surface area contributed by atoms with E-state index in [1.807, 2.05) is 18.2 Å². The maximum absolute atomic E-state index is 13.0. The normalized spacial score (nSPS) is 12.9. The van der Waals surface area contributed by atoms with Crippen LogP contribution in [0, 0.1) is 0 Å². The molecule has 2 N–H and O–H groups in total. The lowest BCUT2D eigenvalue weighted by atomic mass is 10.0. The zero-order chi connectivity index (χ0) is 30.3. The predicted molar refractivity (Wildman–Crippen MR) is 166 cm³/mol. The molecule has 0 heterocycles. The summed E-state index contributed by atoms with van der Waals surface area (Å²) in [7, 11) is 0. The van der Waals surface area contributed by atoms with Crippen LogP contribution >= 0.6 is 25.3 Å². The van der Waals surface area contributed by atoms with Crippen LogP contribution in [0.15, 0.2) is 23.2 Å². The number of alkyl carbamates (subject to hydrolysis) is 2. The van der Waals surface area contributed by atoms with Crippen LogP contribution in [0.2, 0.25) is 0 Å². The average molecular weight is 598 g/mol. The van der Waals surface area contributed by atoms with Crippen molar-refractivity contribution in [3.05, 3.63) is 29.3 Å². The summed E-state index contributed by atoms with van der Waals surface area (Å²) in [5.74, 6) is 2.32. The highest BCUT2D eigenvalue weighted by atomic mass is 32.1. The molecule has 1 aromatic carbocycles. The molecule has 0 unspecified atom stereocenters. The number of Topliss-reactive ketones (excluding diaryl/α,β-unsaturated/α-hetero) is 1. The van der Waals surface area contributed by atoms with Crippen LogP contribution in [0.25, 0.3) is 0 Å². The zero-order valence-electron chi connectivity index (χ0n) is 25.0. The fourth-order valence-corrected chi connectivity index (χ4v) is 4.17. The maximum atomic E-state index is 13.0. The van der Waals surface area contributed by atoms with Gasteiger partial charge in [-0.25, -0.2) is 9.59 Å². The molecule has 226 valence electrons. The first-order chi connectivity index (χ1) is 18.6. The van der Waals surface area contributed by atoms with Gasteiger partial charge in [-0.2, -0.15) is 25.3 Å². The van der Waals surface area contributed by atoms with E-state index < -0.39 is 29.4 Å². The predicted octanol–water partition coefficient (Wildman–Crippen LogP) is 6.28. The number of amidine groups is 1. The van der Waals surface area contributed by atoms with Crippen molar-refractivity contribution in [3.63, 3.8) is 0 Å². The molecule has 0 saturated carbocycles. The monoisotopic (exact) mass is 597 g/mol. The number of nitrogens with one attached hydrogen (secondary N) is 2. The molecule has 0 spiro atoms. The Morgan fingerprint density at radius 3 is 2.12 bits per heavy atom. The van der Waals surface area contributed by atoms with Crippen LogP contribution in [0.3, 0.4) is 0 Å². The van der Waals surface area contributed by atoms with E-state index in [-0.39, 0.29) is 12.2 Å². The van der Waals surface area contributed by atoms with E-state index in [2.05, 4.69) is 40.9 Å². The van der Waals surface area contributed by atoms with Gasteiger partial charge in [0, 0.05) is 24.5 Å². The van der Waals surface area contributed by atoms with Crippen molar-refractivity contribution in [2.45, 2.75) is 109 Å². The van der Waals surface area contributed by atoms with E-state index in [1.54, 1.807) is 48.5 Å². The van der Waals surface area contributed by atoms with E-state index in [1.165, 1.54) is 0 Å². The van der Waals surface area contributed by atoms with Gasteiger partial charge in [0.1, 0.15) is 22.8 Å². The molecule has 0 aliphatic carbocycles. The lowest BCUT2D eigenvalue weighted by Gasteiger charge is -2.23. The Balaban J connectivity index is 2.61. The molecule has 11 heteroatoms. The summed E-state index contributed by atoms with van der Waals surface area (Å²) in [5, 5.41) is 5.33. The Morgan fingerprint density at radius 2 is 1.52 bits per heavy atom. The molecule has 9 nitrogen and oxygen atoms in total. The summed E-state index contributed by atoms with van der Waals surface area (Å²) < 4.78 is 16.4. The summed E-state index contributed by atoms with van der Waals surface area (Å²) in [4.78, 5) is 41.6. The third-order valence-electron chi connectivity index (χ3n) is 5.37. The van der Waals surface area contributed by atoms with Crippen molar-refractivity contribution >= 4 is 49.1 Å². The number of amides is 2. The largest absolute Gasteiger partial charge is 0.494 e. The van der Waals surface area contributed by atoms with Crippen LogP contribution in [-0.4, -0.2) is 54.2 Å². The lowest BCUT2D eigenvalue weighted by Crippen LogP contribution is -2.43. The van der Waals surface area contributed by atoms with Crippen molar-refractivity contribution in [2.75, 3.05) is 13.2 Å². The second kappa shape index (κ2) is 17.4. The van der Waals surface area contributed by atoms with Crippen LogP contribution in [0.4, 0.5) is 9.59 Å². The van der Waals surface area contributed by atoms with Crippen molar-refractivity contribution in [1.82, 2.24) is 10.6 Å². The number of hydrogen-bond donors (Lipinski definition) is 4. The second-order valence-electron chi connectivity index (χ2n) is 11.5. The van der Waals surface area contributed by atoms with Gasteiger partial charge >= 0.3 is 12.2 Å². The SMILES string of the molecule is CC(=NCCCC[C@H](NC(=O)OC(C)(C)C)C(=O)CCCOc1ccc(CS)c(CS)c1)NC(=O)OC(C)(C)C. The Morgan fingerprint density at radius 1 is 0.900 bits per heavy atom. The number of ketones is 1. The number of aliphatic imine (C=N–C) groups is 1. The summed E-state index contributed by atoms with van der Waals surface area (Å²) in [6.45, 7) is 13.2. The highest BCUT2D eigenvalue weighted by molar-refractivity contribution is 7.79. The Labute approximate surface area is 250 Å². The van der Waals surface area contributed by atoms with Gasteiger partial charge in [-0.05, 0) is 97.4 Å². The smallest absolute Gasteiger partial charge is 0.413 e. The van der Waals surface area contributed by atoms with Crippen molar-refractivity contribution < 1.29 is 28.6 Å². The van der Waals surface area contributed by atoms with E-state index in [0.717, 1.165) is 16.9 Å². The van der Waals surface area contributed by atoms with Gasteiger partial charge in [0.25, 0.3) is 0 Å². The van der Waals surface area contributed by atoms with Crippen molar-refractivity contribution in [2.24, 2.45) is 4.99 Å². The van der Waals surface area contributed by atoms with Crippen LogP contribution in [0.1, 0.15) is 91.7 Å². The van der Waals surface area contributed by atoms with Gasteiger partial charge in [-0.15, -0.1) is 0 Å². The topological polar surface area (TPSA) is 115 Å². The molecule has 0 aromatic heterocycles. The van der Waals surface area contributed by atoms with Gasteiger partial charge in [0.15, 0.2) is 5.78 Å². The van der Waals surface area contributed by atoms with Crippen molar-refractivity contribution in [3.8, 4) is 5.75 Å². The highest BCUT2D eigenvalue weighted by Crippen LogP contribution is 2.21. The molecule has 0 bridgehead atoms. The van der Waals surface area contributed by atoms with E-state index >= 15 is 0 Å². The Bertz CT molecular complexity index is 1000. The first-order valence-electron chi connectivity index (χ1n) is 13.6. The molecular formula is C29H47N3O6S2. The molecule has 2 amide bonds. The minimum absolute atomic E-state index is 0.0813. The van der Waals surface area contributed by atoms with Gasteiger partial charge in [-0.3, -0.25) is 15.1 Å². The molecule has 1 atom stereocenters. The number of carbonyl (C=O) groups is 3. The quantitative estimate of drug-likeness (QED) is 0.0868. The zero-order valence-corrected chi connectivity index (χ0v) is 26.8. The molecular weight excluding hydrogens is 550 g/mol. The van der Waals surface area contributed by atoms with Gasteiger partial charge in [0.2, 0.25) is 0 Å². The molecule has 0 saturated heterocycles. The van der Waals surface area contributed by atoms with E-state index in [0.29, 0.717) is 56.2 Å². The fraction of sp³-hybridized carbons (Fsp3) is 0.655. The molecule has 0 aliphatic rings. The Kier molecular flexibility index (Phi) is 15.5. The number of thiol groups is 2. The maximum Gasteiger partial charge on any atom is 0.413 e. The standard InChI is InChI=1S/C29H47N3O6S2/c1-20(31-26(34)37-28(2,3)4)30-15-9-8-11-24(32-27(35)38-29(5,6)7)25(33)12-10-16-36-23-14-13-21(18-39)22(17-23)19-40/h13-14,17,24,39-40H,8-12,15-16,18-19H2,1-7H3,(H,32,35)(H,30,31,34)/t24-/m0/s1. The minimum Gasteiger partial charge on any atom is -0.494 e. The average Bonchev–Trinajstić information content (AvgIpc) is 2.82. The molecule has 1 rings (SSSR count). The number of unbranched alkanes of at least 4 members (excludes halogenated alkanes) is 1. The number of carbonyl (C=O) groups excluding carboxylic acids is 3. The fourth-order valence-electron chi connectivity index (χ4n) is 3.57. The van der Waals surface area contributed by atoms with Crippen LogP contribution in [0.5, 0.6) is 5.75 Å². The van der Waals surface area contributed by atoms with Gasteiger partial charge in [-0.1, -0.05) is 6.07 Å². The number of rotatable bonds is 14. The highest BCUT2D eigenvalue weighted by Gasteiger charge is 2.24. The number of benzene rings is 1. The van der Waals surface area contributed by atoms with E-state index in [9.17, 15) is 14.4 Å². The number of hydrogen-bond acceptors (Lipinski definition) is 9. The van der Waals surface area contributed by atoms with Crippen molar-refractivity contribution in [1.29, 1.82) is 0 Å². The first kappa shape index (κ1) is 35.6. The summed E-state index contributed by atoms with van der Waals surface area (Å²) in [6, 6.07) is 5.13. The Hall–Kier alpha value is -2.40. The van der Waals surface area contributed by atoms with Crippen LogP contribution < -0.4 is 15.4 Å². The minimum atomic E-state index is -0.676. The first-order valence-corrected chi connectivity index (χ1v) is 14.9.